The lowest BCUT2D eigenvalue weighted by Gasteiger charge is -2.22. The Hall–Kier alpha value is -4.73. The lowest BCUT2D eigenvalue weighted by atomic mass is 10.1. The quantitative estimate of drug-likeness (QED) is 0.0534. The van der Waals surface area contributed by atoms with Crippen LogP contribution in [0.25, 0.3) is 0 Å². The number of hydrogen-bond donors (Lipinski definition) is 6. The van der Waals surface area contributed by atoms with Gasteiger partial charge in [-0.2, -0.15) is 0 Å². The molecule has 2 rings (SSSR count). The number of thioether (sulfide) groups is 1. The number of imide groups is 1. The average molecular weight is 674 g/mol. The van der Waals surface area contributed by atoms with E-state index in [9.17, 15) is 38.4 Å². The molecule has 47 heavy (non-hydrogen) atoms. The third kappa shape index (κ3) is 15.9. The molecule has 0 fully saturated rings. The van der Waals surface area contributed by atoms with Crippen LogP contribution in [0.4, 0.5) is 0 Å². The molecule has 1 unspecified atom stereocenters. The van der Waals surface area contributed by atoms with Gasteiger partial charge >= 0.3 is 0 Å². The van der Waals surface area contributed by atoms with Crippen LogP contribution in [0.2, 0.25) is 0 Å². The summed E-state index contributed by atoms with van der Waals surface area (Å²) in [5.41, 5.74) is 6.00. The number of nitrogens with two attached hydrogens (primary N) is 1. The van der Waals surface area contributed by atoms with Gasteiger partial charge in [0.1, 0.15) is 6.04 Å². The molecule has 0 radical (unpaired) electrons. The second-order valence-corrected chi connectivity index (χ2v) is 13.0. The lowest BCUT2D eigenvalue weighted by molar-refractivity contribution is -0.137. The Morgan fingerprint density at radius 3 is 2.04 bits per heavy atom. The molecule has 1 aliphatic rings. The molecule has 1 atom stereocenters. The maximum Gasteiger partial charge on any atom is 0.253 e. The zero-order valence-corrected chi connectivity index (χ0v) is 27.4. The van der Waals surface area contributed by atoms with Crippen molar-refractivity contribution in [2.75, 3.05) is 32.1 Å². The van der Waals surface area contributed by atoms with Gasteiger partial charge in [-0.3, -0.25) is 43.3 Å². The van der Waals surface area contributed by atoms with Gasteiger partial charge in [0, 0.05) is 42.7 Å². The topological polar surface area (TPSA) is 226 Å². The van der Waals surface area contributed by atoms with Crippen LogP contribution >= 0.6 is 11.8 Å². The van der Waals surface area contributed by atoms with E-state index in [1.54, 1.807) is 30.3 Å². The maximum atomic E-state index is 12.9. The first kappa shape index (κ1) is 38.5. The smallest absolute Gasteiger partial charge is 0.253 e. The Kier molecular flexibility index (Phi) is 16.1. The molecule has 8 amide bonds. The average Bonchev–Trinajstić information content (AvgIpc) is 3.33. The van der Waals surface area contributed by atoms with Gasteiger partial charge in [0.2, 0.25) is 35.4 Å². The summed E-state index contributed by atoms with van der Waals surface area (Å²) in [6, 6.07) is 7.88. The normalized spacial score (nSPS) is 13.1. The molecule has 15 nitrogen and oxygen atoms in total. The molecule has 1 aromatic carbocycles. The van der Waals surface area contributed by atoms with Gasteiger partial charge in [0.15, 0.2) is 0 Å². The zero-order chi connectivity index (χ0) is 34.8. The van der Waals surface area contributed by atoms with Crippen molar-refractivity contribution in [2.45, 2.75) is 63.2 Å². The molecule has 1 aromatic rings. The molecule has 16 heteroatoms. The van der Waals surface area contributed by atoms with Crippen molar-refractivity contribution in [1.82, 2.24) is 31.5 Å². The highest BCUT2D eigenvalue weighted by molar-refractivity contribution is 8.00. The SMILES string of the molecule is CC(C)(CC(N)=O)SCNC(=O)CNC(=O)C(Cc1ccccc1)NC(=O)CNC(=O)CNC(=O)CCCCCN1C(=O)C=CC1=O. The van der Waals surface area contributed by atoms with Gasteiger partial charge in [0.25, 0.3) is 11.8 Å². The van der Waals surface area contributed by atoms with Crippen molar-refractivity contribution in [1.29, 1.82) is 0 Å². The Morgan fingerprint density at radius 1 is 0.787 bits per heavy atom. The van der Waals surface area contributed by atoms with Crippen LogP contribution in [0.1, 0.15) is 51.5 Å². The van der Waals surface area contributed by atoms with Crippen molar-refractivity contribution in [3.8, 4) is 0 Å². The summed E-state index contributed by atoms with van der Waals surface area (Å²) in [6.07, 6.45) is 4.50. The zero-order valence-electron chi connectivity index (χ0n) is 26.6. The molecule has 1 heterocycles. The highest BCUT2D eigenvalue weighted by Gasteiger charge is 2.24. The fraction of sp³-hybridized carbons (Fsp3) is 0.484. The largest absolute Gasteiger partial charge is 0.370 e. The Bertz CT molecular complexity index is 1320. The number of primary amides is 1. The van der Waals surface area contributed by atoms with Crippen LogP contribution in [0.5, 0.6) is 0 Å². The van der Waals surface area contributed by atoms with Crippen LogP contribution in [-0.4, -0.2) is 95.0 Å². The second kappa shape index (κ2) is 19.7. The number of nitrogens with one attached hydrogen (secondary N) is 5. The van der Waals surface area contributed by atoms with Crippen LogP contribution in [0, 0.1) is 0 Å². The van der Waals surface area contributed by atoms with E-state index in [1.807, 2.05) is 13.8 Å². The summed E-state index contributed by atoms with van der Waals surface area (Å²) in [4.78, 5) is 97.5. The number of hydrogen-bond acceptors (Lipinski definition) is 9. The first-order valence-electron chi connectivity index (χ1n) is 15.1. The number of amides is 8. The maximum absolute atomic E-state index is 12.9. The van der Waals surface area contributed by atoms with Crippen molar-refractivity contribution >= 4 is 59.0 Å². The van der Waals surface area contributed by atoms with Gasteiger partial charge in [-0.15, -0.1) is 11.8 Å². The number of rotatable bonds is 21. The highest BCUT2D eigenvalue weighted by Crippen LogP contribution is 2.26. The molecular weight excluding hydrogens is 630 g/mol. The summed E-state index contributed by atoms with van der Waals surface area (Å²) in [7, 11) is 0. The summed E-state index contributed by atoms with van der Waals surface area (Å²) >= 11 is 1.33. The van der Waals surface area contributed by atoms with Gasteiger partial charge in [0.05, 0.1) is 25.5 Å². The Balaban J connectivity index is 1.72. The van der Waals surface area contributed by atoms with Crippen LogP contribution in [0.3, 0.4) is 0 Å². The van der Waals surface area contributed by atoms with E-state index in [2.05, 4.69) is 26.6 Å². The number of nitrogens with zero attached hydrogens (tertiary/aromatic N) is 1. The van der Waals surface area contributed by atoms with Gasteiger partial charge in [-0.25, -0.2) is 0 Å². The molecule has 256 valence electrons. The summed E-state index contributed by atoms with van der Waals surface area (Å²) in [6.45, 7) is 2.77. The van der Waals surface area contributed by atoms with Crippen molar-refractivity contribution in [3.05, 3.63) is 48.0 Å². The van der Waals surface area contributed by atoms with Crippen LogP contribution < -0.4 is 32.3 Å². The van der Waals surface area contributed by atoms with Crippen LogP contribution in [0.15, 0.2) is 42.5 Å². The van der Waals surface area contributed by atoms with E-state index in [0.29, 0.717) is 19.3 Å². The predicted molar refractivity (Wildman–Crippen MR) is 174 cm³/mol. The molecule has 0 bridgehead atoms. The standard InChI is InChI=1S/C31H43N7O8S/c1-31(2,16-23(32)39)47-20-36-26(42)18-35-30(46)22(15-21-9-5-3-6-10-21)37-27(43)19-34-25(41)17-33-24(40)11-7-4-8-14-38-28(44)12-13-29(38)45/h3,5-6,9-10,12-13,22H,4,7-8,11,14-20H2,1-2H3,(H2,32,39)(H,33,40)(H,34,41)(H,35,46)(H,36,42)(H,37,43). The van der Waals surface area contributed by atoms with Crippen molar-refractivity contribution in [3.63, 3.8) is 0 Å². The monoisotopic (exact) mass is 673 g/mol. The molecule has 0 aliphatic carbocycles. The fourth-order valence-electron chi connectivity index (χ4n) is 4.33. The third-order valence-electron chi connectivity index (χ3n) is 6.77. The van der Waals surface area contributed by atoms with Gasteiger partial charge in [-0.05, 0) is 18.4 Å². The molecule has 0 saturated carbocycles. The Morgan fingerprint density at radius 2 is 1.38 bits per heavy atom. The van der Waals surface area contributed by atoms with Gasteiger partial charge < -0.3 is 32.3 Å². The van der Waals surface area contributed by atoms with Gasteiger partial charge in [-0.1, -0.05) is 50.6 Å². The minimum absolute atomic E-state index is 0.128. The first-order chi connectivity index (χ1) is 22.3. The summed E-state index contributed by atoms with van der Waals surface area (Å²) in [5, 5.41) is 12.6. The van der Waals surface area contributed by atoms with E-state index in [0.717, 1.165) is 10.5 Å². The number of unbranched alkanes of at least 4 members (excludes halogenated alkanes) is 2. The minimum Gasteiger partial charge on any atom is -0.370 e. The van der Waals surface area contributed by atoms with Crippen molar-refractivity contribution < 1.29 is 38.4 Å². The second-order valence-electron chi connectivity index (χ2n) is 11.3. The predicted octanol–water partition coefficient (Wildman–Crippen LogP) is -0.991. The molecular formula is C31H43N7O8S. The highest BCUT2D eigenvalue weighted by atomic mass is 32.2. The molecule has 1 aliphatic heterocycles. The van der Waals surface area contributed by atoms with E-state index >= 15 is 0 Å². The summed E-state index contributed by atoms with van der Waals surface area (Å²) in [5.74, 6) is -3.65. The summed E-state index contributed by atoms with van der Waals surface area (Å²) < 4.78 is -0.478. The van der Waals surface area contributed by atoms with E-state index < -0.39 is 46.9 Å². The van der Waals surface area contributed by atoms with E-state index in [1.165, 1.54) is 23.9 Å². The number of carbonyl (C=O) groups excluding carboxylic acids is 8. The van der Waals surface area contributed by atoms with E-state index in [4.69, 9.17) is 5.73 Å². The third-order valence-corrected chi connectivity index (χ3v) is 7.98. The minimum atomic E-state index is -1.05. The lowest BCUT2D eigenvalue weighted by Crippen LogP contribution is -2.52. The Labute approximate surface area is 277 Å². The molecule has 0 aromatic heterocycles. The fourth-order valence-corrected chi connectivity index (χ4v) is 5.20. The van der Waals surface area contributed by atoms with Crippen LogP contribution in [-0.2, 0) is 44.8 Å². The molecule has 0 saturated heterocycles. The van der Waals surface area contributed by atoms with Crippen molar-refractivity contribution in [2.24, 2.45) is 5.73 Å². The van der Waals surface area contributed by atoms with E-state index in [-0.39, 0.29) is 62.5 Å². The molecule has 0 spiro atoms. The number of benzene rings is 1. The molecule has 7 N–H and O–H groups in total. The first-order valence-corrected chi connectivity index (χ1v) is 16.1. The number of carbonyl (C=O) groups is 8.